The molecule has 218 valence electrons. The molecule has 20 heteroatoms. The molecule has 0 bridgehead atoms. The molecule has 0 aliphatic carbocycles. The number of hydroxylamine groups is 4. The second kappa shape index (κ2) is 50.4. The van der Waals surface area contributed by atoms with Crippen molar-refractivity contribution in [3.63, 3.8) is 0 Å². The van der Waals surface area contributed by atoms with Gasteiger partial charge in [0.15, 0.2) is 0 Å². The monoisotopic (exact) mass is 626 g/mol. The van der Waals surface area contributed by atoms with Gasteiger partial charge < -0.3 is 25.6 Å². The first-order valence-electron chi connectivity index (χ1n) is 9.69. The van der Waals surface area contributed by atoms with Crippen LogP contribution in [-0.2, 0) is 33.7 Å². The Morgan fingerprint density at radius 3 is 1.60 bits per heavy atom. The van der Waals surface area contributed by atoms with Gasteiger partial charge in [0.25, 0.3) is 10.1 Å². The van der Waals surface area contributed by atoms with Crippen molar-refractivity contribution in [2.45, 2.75) is 0 Å². The summed E-state index contributed by atoms with van der Waals surface area (Å²) in [5, 5.41) is 19.8. The van der Waals surface area contributed by atoms with Crippen molar-refractivity contribution in [1.29, 1.82) is 0 Å². The Morgan fingerprint density at radius 1 is 0.886 bits per heavy atom. The Labute approximate surface area is 222 Å². The molecule has 35 heavy (non-hydrogen) atoms. The first-order valence-corrected chi connectivity index (χ1v) is 12.6. The number of nitrogens with one attached hydrogen (secondary N) is 4. The minimum atomic E-state index is -3.31. The smallest absolute Gasteiger partial charge is 0.264 e. The first-order chi connectivity index (χ1) is 16.2. The summed E-state index contributed by atoms with van der Waals surface area (Å²) in [6.07, 6.45) is 0.992. The molecule has 0 radical (unpaired) electrons. The summed E-state index contributed by atoms with van der Waals surface area (Å²) in [5.74, 6) is 0. The van der Waals surface area contributed by atoms with Gasteiger partial charge in [-0.1, -0.05) is 21.0 Å². The lowest BCUT2D eigenvalue weighted by molar-refractivity contribution is 0.0314. The van der Waals surface area contributed by atoms with Gasteiger partial charge >= 0.3 is 0 Å². The molecule has 0 spiro atoms. The number of hydrogen-bond donors (Lipinski definition) is 7. The van der Waals surface area contributed by atoms with E-state index in [1.165, 1.54) is 0 Å². The van der Waals surface area contributed by atoms with Crippen LogP contribution in [0.4, 0.5) is 0 Å². The SMILES string of the molecule is CNOCCN.CNOCCN=[N+]=[N-].CNOCCO.CNOCCOS(C)(=O)=O.Cl.OCCBr. The molecule has 0 rings (SSSR count). The lowest BCUT2D eigenvalue weighted by Gasteiger charge is -2.00. The zero-order valence-corrected chi connectivity index (χ0v) is 24.2. The van der Waals surface area contributed by atoms with Crippen molar-refractivity contribution in [3.8, 4) is 0 Å². The summed E-state index contributed by atoms with van der Waals surface area (Å²) in [7, 11) is 3.27. The van der Waals surface area contributed by atoms with Crippen molar-refractivity contribution < 1.29 is 42.2 Å². The van der Waals surface area contributed by atoms with Crippen LogP contribution >= 0.6 is 28.3 Å². The number of aliphatic hydroxyl groups excluding tert-OH is 2. The lowest BCUT2D eigenvalue weighted by Crippen LogP contribution is -2.15. The third kappa shape index (κ3) is 97.1. The zero-order chi connectivity index (χ0) is 27.3. The number of halogens is 2. The van der Waals surface area contributed by atoms with Crippen molar-refractivity contribution >= 4 is 38.5 Å². The molecule has 0 aliphatic rings. The second-order valence-corrected chi connectivity index (χ2v) is 7.05. The van der Waals surface area contributed by atoms with Gasteiger partial charge in [-0.05, 0) is 5.53 Å². The maximum absolute atomic E-state index is 10.3. The van der Waals surface area contributed by atoms with Gasteiger partial charge in [0.1, 0.15) is 0 Å². The molecule has 0 aliphatic heterocycles. The van der Waals surface area contributed by atoms with E-state index in [1.807, 2.05) is 0 Å². The van der Waals surface area contributed by atoms with Gasteiger partial charge in [-0.2, -0.15) is 8.42 Å². The maximum Gasteiger partial charge on any atom is 0.264 e. The predicted molar refractivity (Wildman–Crippen MR) is 139 cm³/mol. The van der Waals surface area contributed by atoms with E-state index in [1.54, 1.807) is 28.2 Å². The Balaban J connectivity index is -0.0000000769. The molecule has 0 aromatic rings. The minimum absolute atomic E-state index is 0. The highest BCUT2D eigenvalue weighted by Gasteiger charge is 1.99. The fraction of sp³-hybridized carbons (Fsp3) is 1.00. The summed E-state index contributed by atoms with van der Waals surface area (Å²) in [6.45, 7) is 2.86. The van der Waals surface area contributed by atoms with Crippen LogP contribution in [0.3, 0.4) is 0 Å². The van der Waals surface area contributed by atoms with Crippen molar-refractivity contribution in [3.05, 3.63) is 10.4 Å². The molecule has 0 saturated heterocycles. The molecule has 0 fully saturated rings. The van der Waals surface area contributed by atoms with Gasteiger partial charge in [-0.15, -0.1) is 12.4 Å². The lowest BCUT2D eigenvalue weighted by atomic mass is 10.7. The number of hydrogen-bond acceptors (Lipinski definition) is 15. The molecule has 0 heterocycles. The van der Waals surface area contributed by atoms with Gasteiger partial charge in [0, 0.05) is 45.0 Å². The van der Waals surface area contributed by atoms with Gasteiger partial charge in [0.05, 0.1) is 59.0 Å². The molecular formula is C15H44BrClN8O9S. The van der Waals surface area contributed by atoms with Crippen LogP contribution in [0.15, 0.2) is 5.11 Å². The number of nitrogens with zero attached hydrogens (tertiary/aromatic N) is 3. The minimum Gasteiger partial charge on any atom is -0.396 e. The molecule has 0 amide bonds. The Kier molecular flexibility index (Phi) is 68.7. The predicted octanol–water partition coefficient (Wildman–Crippen LogP) is -1.42. The first kappa shape index (κ1) is 47.7. The zero-order valence-electron chi connectivity index (χ0n) is 20.9. The molecule has 0 aromatic carbocycles. The molecule has 8 N–H and O–H groups in total. The second-order valence-electron chi connectivity index (χ2n) is 4.62. The van der Waals surface area contributed by atoms with Crippen LogP contribution < -0.4 is 27.7 Å². The topological polar surface area (TPSA) is 244 Å². The van der Waals surface area contributed by atoms with E-state index >= 15 is 0 Å². The maximum atomic E-state index is 10.3. The van der Waals surface area contributed by atoms with Crippen LogP contribution in [0.2, 0.25) is 0 Å². The van der Waals surface area contributed by atoms with Crippen LogP contribution in [0.5, 0.6) is 0 Å². The van der Waals surface area contributed by atoms with E-state index in [-0.39, 0.29) is 38.8 Å². The van der Waals surface area contributed by atoms with Crippen molar-refractivity contribution in [1.82, 2.24) is 21.9 Å². The van der Waals surface area contributed by atoms with Crippen molar-refractivity contribution in [2.24, 2.45) is 10.8 Å². The van der Waals surface area contributed by atoms with Crippen molar-refractivity contribution in [2.75, 3.05) is 99.1 Å². The number of aliphatic hydroxyl groups is 2. The average Bonchev–Trinajstić information content (AvgIpc) is 2.82. The summed E-state index contributed by atoms with van der Waals surface area (Å²) >= 11 is 3.00. The molecule has 0 unspecified atom stereocenters. The highest BCUT2D eigenvalue weighted by Crippen LogP contribution is 1.84. The largest absolute Gasteiger partial charge is 0.396 e. The third-order valence-corrected chi connectivity index (χ3v) is 2.86. The molecular weight excluding hydrogens is 584 g/mol. The molecule has 0 saturated carbocycles. The van der Waals surface area contributed by atoms with Crippen LogP contribution in [0.1, 0.15) is 0 Å². The number of rotatable bonds is 16. The normalized spacial score (nSPS) is 9.17. The quantitative estimate of drug-likeness (QED) is 0.0198. The average molecular weight is 628 g/mol. The summed E-state index contributed by atoms with van der Waals surface area (Å²) in [5.41, 5.74) is 22.5. The van der Waals surface area contributed by atoms with Crippen LogP contribution in [0, 0.1) is 0 Å². The van der Waals surface area contributed by atoms with E-state index in [9.17, 15) is 8.42 Å². The summed E-state index contributed by atoms with van der Waals surface area (Å²) < 4.78 is 24.9. The van der Waals surface area contributed by atoms with E-state index in [4.69, 9.17) is 21.5 Å². The summed E-state index contributed by atoms with van der Waals surface area (Å²) in [4.78, 5) is 20.8. The Morgan fingerprint density at radius 2 is 1.31 bits per heavy atom. The van der Waals surface area contributed by atoms with E-state index in [2.05, 4.69) is 71.4 Å². The molecule has 17 nitrogen and oxygen atoms in total. The van der Waals surface area contributed by atoms with Gasteiger partial charge in [-0.25, -0.2) is 21.9 Å². The number of azide groups is 1. The van der Waals surface area contributed by atoms with Gasteiger partial charge in [0.2, 0.25) is 0 Å². The van der Waals surface area contributed by atoms with Crippen LogP contribution in [-0.4, -0.2) is 118 Å². The molecule has 0 atom stereocenters. The van der Waals surface area contributed by atoms with E-state index < -0.39 is 10.1 Å². The van der Waals surface area contributed by atoms with Gasteiger partial charge in [-0.3, -0.25) is 13.9 Å². The fourth-order valence-electron chi connectivity index (χ4n) is 0.871. The Bertz CT molecular complexity index is 467. The number of alkyl halides is 1. The summed E-state index contributed by atoms with van der Waals surface area (Å²) in [6, 6.07) is 0. The number of nitrogens with two attached hydrogens (primary N) is 1. The molecule has 0 aromatic heterocycles. The fourth-order valence-corrected chi connectivity index (χ4v) is 1.24. The van der Waals surface area contributed by atoms with E-state index in [0.717, 1.165) is 6.26 Å². The third-order valence-electron chi connectivity index (χ3n) is 1.91. The van der Waals surface area contributed by atoms with Crippen LogP contribution in [0.25, 0.3) is 10.4 Å². The highest BCUT2D eigenvalue weighted by atomic mass is 79.9. The standard InChI is InChI=1S/C4H11NO4S.C3H8N4O.C3H10N2O.C3H9NO2.C2H5BrO.ClH/c1-5-8-3-4-9-10(2,6)7;1-5-8-3-2-6-7-4;1-5-6-3-2-4;1-4-6-3-2-5;3-1-2-4;/h5H,3-4H2,1-2H3;5H,2-3H2,1H3;5H,2-4H2,1H3;4-5H,2-3H2,1H3;4H,1-2H2;1H. The Hall–Kier alpha value is -0.450. The highest BCUT2D eigenvalue weighted by molar-refractivity contribution is 9.09. The van der Waals surface area contributed by atoms with E-state index in [0.29, 0.717) is 38.2 Å².